The highest BCUT2D eigenvalue weighted by Crippen LogP contribution is 2.21. The molecule has 0 saturated carbocycles. The molecule has 0 bridgehead atoms. The largest absolute Gasteiger partial charge is 0.503 e. The summed E-state index contributed by atoms with van der Waals surface area (Å²) in [7, 11) is 1.89. The molecule has 0 aliphatic rings. The third kappa shape index (κ3) is 4.07. The third-order valence-corrected chi connectivity index (χ3v) is 3.58. The van der Waals surface area contributed by atoms with Crippen molar-refractivity contribution in [2.45, 2.75) is 46.2 Å². The summed E-state index contributed by atoms with van der Waals surface area (Å²) in [5.74, 6) is -1.37. The molecule has 0 spiro atoms. The summed E-state index contributed by atoms with van der Waals surface area (Å²) in [6.45, 7) is 6.45. The second-order valence-electron chi connectivity index (χ2n) is 5.42. The van der Waals surface area contributed by atoms with Crippen molar-refractivity contribution in [1.82, 2.24) is 9.47 Å². The zero-order valence-electron chi connectivity index (χ0n) is 13.1. The van der Waals surface area contributed by atoms with Crippen LogP contribution in [0.25, 0.3) is 0 Å². The minimum Gasteiger partial charge on any atom is -0.503 e. The molecule has 0 amide bonds. The quantitative estimate of drug-likeness (QED) is 0.801. The number of unbranched alkanes of at least 4 members (excludes halogenated alkanes) is 1. The Balaban J connectivity index is 3.26. The molecule has 6 nitrogen and oxygen atoms in total. The Morgan fingerprint density at radius 3 is 2.62 bits per heavy atom. The highest BCUT2D eigenvalue weighted by molar-refractivity contribution is 5.71. The zero-order valence-corrected chi connectivity index (χ0v) is 13.1. The Kier molecular flexibility index (Phi) is 5.96. The number of pyridine rings is 1. The van der Waals surface area contributed by atoms with Crippen LogP contribution in [-0.4, -0.2) is 39.2 Å². The fraction of sp³-hybridized carbons (Fsp3) is 0.600. The number of aromatic hydroxyl groups is 1. The third-order valence-electron chi connectivity index (χ3n) is 3.58. The van der Waals surface area contributed by atoms with Gasteiger partial charge in [0.2, 0.25) is 5.43 Å². The van der Waals surface area contributed by atoms with E-state index in [4.69, 9.17) is 0 Å². The molecular weight excluding hydrogens is 272 g/mol. The van der Waals surface area contributed by atoms with Crippen molar-refractivity contribution < 1.29 is 15.0 Å². The smallest absolute Gasteiger partial charge is 0.326 e. The predicted molar refractivity (Wildman–Crippen MR) is 80.7 cm³/mol. The number of rotatable bonds is 7. The first-order chi connectivity index (χ1) is 9.79. The molecule has 1 aromatic heterocycles. The van der Waals surface area contributed by atoms with E-state index in [2.05, 4.69) is 6.92 Å². The van der Waals surface area contributed by atoms with Crippen molar-refractivity contribution in [2.75, 3.05) is 13.6 Å². The molecule has 1 aromatic rings. The monoisotopic (exact) mass is 296 g/mol. The Morgan fingerprint density at radius 2 is 2.10 bits per heavy atom. The maximum Gasteiger partial charge on any atom is 0.326 e. The lowest BCUT2D eigenvalue weighted by Gasteiger charge is -2.24. The number of carboxylic acids is 1. The van der Waals surface area contributed by atoms with Crippen LogP contribution >= 0.6 is 0 Å². The maximum absolute atomic E-state index is 11.8. The fourth-order valence-corrected chi connectivity index (χ4v) is 2.36. The van der Waals surface area contributed by atoms with Crippen molar-refractivity contribution in [2.24, 2.45) is 0 Å². The van der Waals surface area contributed by atoms with Crippen LogP contribution in [0.15, 0.2) is 10.9 Å². The highest BCUT2D eigenvalue weighted by atomic mass is 16.4. The van der Waals surface area contributed by atoms with Crippen LogP contribution in [0.2, 0.25) is 0 Å². The summed E-state index contributed by atoms with van der Waals surface area (Å²) < 4.78 is 1.52. The molecule has 6 heteroatoms. The number of nitrogens with zero attached hydrogens (tertiary/aromatic N) is 2. The van der Waals surface area contributed by atoms with Gasteiger partial charge in [-0.3, -0.25) is 4.79 Å². The molecule has 0 aliphatic carbocycles. The molecule has 0 radical (unpaired) electrons. The molecule has 0 aromatic carbocycles. The molecule has 0 fully saturated rings. The van der Waals surface area contributed by atoms with E-state index >= 15 is 0 Å². The Bertz CT molecular complexity index is 566. The number of hydrogen-bond donors (Lipinski definition) is 2. The normalized spacial score (nSPS) is 12.6. The summed E-state index contributed by atoms with van der Waals surface area (Å²) in [6, 6.07) is 0.427. The number of hydrogen-bond acceptors (Lipinski definition) is 4. The fourth-order valence-electron chi connectivity index (χ4n) is 2.36. The van der Waals surface area contributed by atoms with Gasteiger partial charge in [-0.05, 0) is 33.9 Å². The number of aromatic nitrogens is 1. The number of carbonyl (C=O) groups is 1. The standard InChI is InChI=1S/C15H24N2O4/c1-5-6-7-16(4)9-12-14(19)13(18)8-10(2)17(12)11(3)15(20)21/h8,11,19H,5-7,9H2,1-4H3,(H,20,21). The second kappa shape index (κ2) is 7.26. The van der Waals surface area contributed by atoms with Gasteiger partial charge in [0, 0.05) is 18.3 Å². The molecule has 21 heavy (non-hydrogen) atoms. The van der Waals surface area contributed by atoms with E-state index in [0.717, 1.165) is 19.4 Å². The molecule has 1 rings (SSSR count). The van der Waals surface area contributed by atoms with Gasteiger partial charge < -0.3 is 19.7 Å². The average molecular weight is 296 g/mol. The van der Waals surface area contributed by atoms with Crippen molar-refractivity contribution >= 4 is 5.97 Å². The molecular formula is C15H24N2O4. The molecule has 1 atom stereocenters. The molecule has 0 aliphatic heterocycles. The maximum atomic E-state index is 11.8. The lowest BCUT2D eigenvalue weighted by atomic mass is 10.2. The first-order valence-corrected chi connectivity index (χ1v) is 7.14. The lowest BCUT2D eigenvalue weighted by Crippen LogP contribution is -2.28. The minimum atomic E-state index is -1.00. The molecule has 2 N–H and O–H groups in total. The van der Waals surface area contributed by atoms with E-state index in [0.29, 0.717) is 17.9 Å². The van der Waals surface area contributed by atoms with Crippen LogP contribution in [-0.2, 0) is 11.3 Å². The number of aliphatic carboxylic acids is 1. The van der Waals surface area contributed by atoms with Gasteiger partial charge in [0.1, 0.15) is 6.04 Å². The van der Waals surface area contributed by atoms with E-state index in [-0.39, 0.29) is 5.75 Å². The predicted octanol–water partition coefficient (Wildman–Crippen LogP) is 1.74. The van der Waals surface area contributed by atoms with Gasteiger partial charge in [-0.25, -0.2) is 4.79 Å². The van der Waals surface area contributed by atoms with Crippen LogP contribution in [0, 0.1) is 6.92 Å². The van der Waals surface area contributed by atoms with Gasteiger partial charge in [-0.15, -0.1) is 0 Å². The molecule has 1 unspecified atom stereocenters. The van der Waals surface area contributed by atoms with E-state index in [1.807, 2.05) is 11.9 Å². The van der Waals surface area contributed by atoms with Crippen LogP contribution < -0.4 is 5.43 Å². The average Bonchev–Trinajstić information content (AvgIpc) is 2.41. The van der Waals surface area contributed by atoms with Crippen LogP contribution in [0.1, 0.15) is 44.1 Å². The summed E-state index contributed by atoms with van der Waals surface area (Å²) in [5, 5.41) is 19.3. The number of aryl methyl sites for hydroxylation is 1. The minimum absolute atomic E-state index is 0.334. The highest BCUT2D eigenvalue weighted by Gasteiger charge is 2.22. The van der Waals surface area contributed by atoms with Gasteiger partial charge in [0.05, 0.1) is 5.69 Å². The molecule has 118 valence electrons. The van der Waals surface area contributed by atoms with Crippen LogP contribution in [0.5, 0.6) is 5.75 Å². The van der Waals surface area contributed by atoms with Gasteiger partial charge >= 0.3 is 5.97 Å². The van der Waals surface area contributed by atoms with Crippen molar-refractivity contribution in [3.63, 3.8) is 0 Å². The molecule has 1 heterocycles. The van der Waals surface area contributed by atoms with Crippen molar-refractivity contribution in [1.29, 1.82) is 0 Å². The Morgan fingerprint density at radius 1 is 1.48 bits per heavy atom. The Hall–Kier alpha value is -1.82. The van der Waals surface area contributed by atoms with E-state index < -0.39 is 17.4 Å². The van der Waals surface area contributed by atoms with Crippen molar-refractivity contribution in [3.05, 3.63) is 27.7 Å². The SMILES string of the molecule is CCCCN(C)Cc1c(O)c(=O)cc(C)n1C(C)C(=O)O. The van der Waals surface area contributed by atoms with Gasteiger partial charge in [-0.1, -0.05) is 13.3 Å². The van der Waals surface area contributed by atoms with E-state index in [1.54, 1.807) is 6.92 Å². The summed E-state index contributed by atoms with van der Waals surface area (Å²) >= 11 is 0. The van der Waals surface area contributed by atoms with E-state index in [1.165, 1.54) is 17.6 Å². The van der Waals surface area contributed by atoms with Crippen LogP contribution in [0.3, 0.4) is 0 Å². The van der Waals surface area contributed by atoms with Gasteiger partial charge in [0.15, 0.2) is 5.75 Å². The van der Waals surface area contributed by atoms with Crippen LogP contribution in [0.4, 0.5) is 0 Å². The lowest BCUT2D eigenvalue weighted by molar-refractivity contribution is -0.140. The Labute approximate surface area is 124 Å². The zero-order chi connectivity index (χ0) is 16.2. The summed E-state index contributed by atoms with van der Waals surface area (Å²) in [6.07, 6.45) is 2.05. The van der Waals surface area contributed by atoms with Crippen molar-refractivity contribution in [3.8, 4) is 5.75 Å². The molecule has 0 saturated heterocycles. The topological polar surface area (TPSA) is 82.8 Å². The first kappa shape index (κ1) is 17.2. The first-order valence-electron chi connectivity index (χ1n) is 7.14. The summed E-state index contributed by atoms with van der Waals surface area (Å²) in [4.78, 5) is 25.0. The number of carboxylic acid groups (broad SMARTS) is 1. The summed E-state index contributed by atoms with van der Waals surface area (Å²) in [5.41, 5.74) is 0.417. The second-order valence-corrected chi connectivity index (χ2v) is 5.42. The van der Waals surface area contributed by atoms with Gasteiger partial charge in [-0.2, -0.15) is 0 Å². The van der Waals surface area contributed by atoms with Gasteiger partial charge in [0.25, 0.3) is 0 Å². The van der Waals surface area contributed by atoms with E-state index in [9.17, 15) is 19.8 Å².